The average Bonchev–Trinajstić information content (AvgIpc) is 3.85. The van der Waals surface area contributed by atoms with E-state index in [1.54, 1.807) is 29.3 Å². The van der Waals surface area contributed by atoms with Crippen molar-refractivity contribution >= 4 is 23.1 Å². The number of nitrogens with two attached hydrogens (primary N) is 1. The quantitative estimate of drug-likeness (QED) is 0.197. The maximum absolute atomic E-state index is 5.59. The molecule has 4 heteroatoms. The van der Waals surface area contributed by atoms with Crippen LogP contribution in [0.2, 0.25) is 0 Å². The molecule has 9 rings (SSSR count). The highest BCUT2D eigenvalue weighted by molar-refractivity contribution is 8.01. The van der Waals surface area contributed by atoms with Crippen LogP contribution in [0.4, 0.5) is 0 Å². The molecule has 0 bridgehead atoms. The Kier molecular flexibility index (Phi) is 6.74. The van der Waals surface area contributed by atoms with Crippen molar-refractivity contribution in [3.8, 4) is 55.1 Å². The summed E-state index contributed by atoms with van der Waals surface area (Å²) < 4.78 is 0. The van der Waals surface area contributed by atoms with Crippen molar-refractivity contribution in [2.75, 3.05) is 0 Å². The molecule has 7 aromatic rings. The minimum atomic E-state index is -0.420. The van der Waals surface area contributed by atoms with Gasteiger partial charge in [0.25, 0.3) is 0 Å². The van der Waals surface area contributed by atoms with E-state index in [2.05, 4.69) is 138 Å². The van der Waals surface area contributed by atoms with E-state index in [9.17, 15) is 0 Å². The molecule has 0 amide bonds. The van der Waals surface area contributed by atoms with Crippen molar-refractivity contribution in [1.29, 1.82) is 0 Å². The lowest BCUT2D eigenvalue weighted by molar-refractivity contribution is 0.794. The van der Waals surface area contributed by atoms with Crippen LogP contribution in [0.15, 0.2) is 157 Å². The number of nitrogens with zero attached hydrogens (tertiary/aromatic N) is 1. The van der Waals surface area contributed by atoms with E-state index in [0.717, 1.165) is 16.3 Å². The predicted molar refractivity (Wildman–Crippen MR) is 199 cm³/mol. The lowest BCUT2D eigenvalue weighted by Crippen LogP contribution is -2.26. The number of thioether (sulfide) groups is 1. The van der Waals surface area contributed by atoms with Gasteiger partial charge in [0, 0.05) is 29.1 Å². The molecule has 47 heavy (non-hydrogen) atoms. The minimum Gasteiger partial charge on any atom is -0.404 e. The first kappa shape index (κ1) is 28.1. The summed E-state index contributed by atoms with van der Waals surface area (Å²) in [6.45, 7) is 0. The largest absolute Gasteiger partial charge is 0.404 e. The summed E-state index contributed by atoms with van der Waals surface area (Å²) in [5.74, 6) is 0.884. The van der Waals surface area contributed by atoms with E-state index in [-0.39, 0.29) is 0 Å². The zero-order valence-electron chi connectivity index (χ0n) is 25.6. The second-order valence-corrected chi connectivity index (χ2v) is 13.9. The Balaban J connectivity index is 1.27. The van der Waals surface area contributed by atoms with Gasteiger partial charge in [-0.05, 0) is 95.9 Å². The van der Waals surface area contributed by atoms with Crippen molar-refractivity contribution in [3.05, 3.63) is 184 Å². The van der Waals surface area contributed by atoms with E-state index in [0.29, 0.717) is 0 Å². The molecular formula is C43H30N2S2. The molecule has 6 aromatic carbocycles. The fourth-order valence-electron chi connectivity index (χ4n) is 7.74. The van der Waals surface area contributed by atoms with Gasteiger partial charge in [0.05, 0.1) is 5.41 Å². The maximum atomic E-state index is 5.59. The van der Waals surface area contributed by atoms with Crippen molar-refractivity contribution in [3.63, 3.8) is 0 Å². The number of benzene rings is 6. The van der Waals surface area contributed by atoms with Crippen LogP contribution in [0.1, 0.15) is 27.8 Å². The third kappa shape index (κ3) is 4.36. The van der Waals surface area contributed by atoms with Gasteiger partial charge in [0.1, 0.15) is 5.01 Å². The third-order valence-corrected chi connectivity index (χ3v) is 11.3. The molecule has 0 radical (unpaired) electrons. The van der Waals surface area contributed by atoms with E-state index in [1.807, 2.05) is 17.0 Å². The summed E-state index contributed by atoms with van der Waals surface area (Å²) >= 11 is 3.39. The zero-order chi connectivity index (χ0) is 31.4. The molecule has 224 valence electrons. The minimum absolute atomic E-state index is 0.420. The second-order valence-electron chi connectivity index (χ2n) is 12.1. The fourth-order valence-corrected chi connectivity index (χ4v) is 8.95. The van der Waals surface area contributed by atoms with Gasteiger partial charge in [-0.15, -0.1) is 23.1 Å². The Morgan fingerprint density at radius 2 is 1.15 bits per heavy atom. The molecular weight excluding hydrogens is 609 g/mol. The Morgan fingerprint density at radius 1 is 0.574 bits per heavy atom. The second kappa shape index (κ2) is 11.3. The normalized spacial score (nSPS) is 13.4. The number of hydrogen-bond donors (Lipinski definition) is 1. The van der Waals surface area contributed by atoms with Crippen molar-refractivity contribution < 1.29 is 0 Å². The van der Waals surface area contributed by atoms with Crippen LogP contribution in [0.25, 0.3) is 55.1 Å². The lowest BCUT2D eigenvalue weighted by Gasteiger charge is -2.31. The molecule has 2 nitrogen and oxygen atoms in total. The first-order valence-electron chi connectivity index (χ1n) is 15.8. The molecule has 2 aliphatic rings. The number of hydrogen-bond acceptors (Lipinski definition) is 4. The van der Waals surface area contributed by atoms with Crippen molar-refractivity contribution in [2.24, 2.45) is 5.73 Å². The van der Waals surface area contributed by atoms with Crippen LogP contribution < -0.4 is 5.73 Å². The molecule has 0 unspecified atom stereocenters. The van der Waals surface area contributed by atoms with Crippen molar-refractivity contribution in [1.82, 2.24) is 4.98 Å². The summed E-state index contributed by atoms with van der Waals surface area (Å²) in [4.78, 5) is 4.58. The van der Waals surface area contributed by atoms with Crippen LogP contribution >= 0.6 is 23.1 Å². The van der Waals surface area contributed by atoms with Gasteiger partial charge in [-0.25, -0.2) is 4.98 Å². The molecule has 1 aromatic heterocycles. The van der Waals surface area contributed by atoms with Gasteiger partial charge in [0.15, 0.2) is 0 Å². The van der Waals surface area contributed by atoms with Crippen LogP contribution in [-0.2, 0) is 11.2 Å². The van der Waals surface area contributed by atoms with Gasteiger partial charge in [-0.1, -0.05) is 115 Å². The predicted octanol–water partition coefficient (Wildman–Crippen LogP) is 11.2. The van der Waals surface area contributed by atoms with Gasteiger partial charge >= 0.3 is 0 Å². The molecule has 0 aliphatic heterocycles. The third-order valence-electron chi connectivity index (χ3n) is 9.65. The molecule has 1 heterocycles. The Morgan fingerprint density at radius 3 is 1.79 bits per heavy atom. The maximum Gasteiger partial charge on any atom is 0.123 e. The monoisotopic (exact) mass is 638 g/mol. The molecule has 0 saturated heterocycles. The van der Waals surface area contributed by atoms with Crippen LogP contribution in [0, 0.1) is 0 Å². The van der Waals surface area contributed by atoms with Gasteiger partial charge in [0.2, 0.25) is 0 Å². The average molecular weight is 639 g/mol. The summed E-state index contributed by atoms with van der Waals surface area (Å²) in [6.07, 6.45) is 3.48. The standard InChI is InChI=1S/C43H30N2S2/c44-19-21-46-27-28-7-5-8-29(23-28)31-15-17-36-37-18-16-32(30-9-6-10-33(24-30)42-45-20-22-47-42)26-41(37)43(40(36)25-31)38-13-3-1-11-34(38)35-12-2-4-14-39(35)43/h1-26H,27,44H2/b21-19-. The number of fused-ring (bicyclic) bond motifs is 10. The molecule has 0 fully saturated rings. The molecule has 0 saturated carbocycles. The highest BCUT2D eigenvalue weighted by Crippen LogP contribution is 2.63. The summed E-state index contributed by atoms with van der Waals surface area (Å²) in [5, 5.41) is 5.03. The van der Waals surface area contributed by atoms with Crippen molar-refractivity contribution in [2.45, 2.75) is 11.2 Å². The summed E-state index contributed by atoms with van der Waals surface area (Å²) in [5.41, 5.74) is 23.1. The Labute approximate surface area is 283 Å². The van der Waals surface area contributed by atoms with E-state index in [1.165, 1.54) is 72.3 Å². The van der Waals surface area contributed by atoms with Gasteiger partial charge in [-0.2, -0.15) is 0 Å². The highest BCUT2D eigenvalue weighted by Gasteiger charge is 2.51. The number of aromatic nitrogens is 1. The molecule has 0 atom stereocenters. The van der Waals surface area contributed by atoms with Gasteiger partial charge in [-0.3, -0.25) is 0 Å². The summed E-state index contributed by atoms with van der Waals surface area (Å²) in [7, 11) is 0. The fraction of sp³-hybridized carbons (Fsp3) is 0.0465. The number of thiazole rings is 1. The SMILES string of the molecule is N/C=C\SCc1cccc(-c2ccc3c(c2)C2(c4ccccc4-c4ccccc42)c2cc(-c4cccc(-c5nccs5)c4)ccc2-3)c1. The molecule has 1 spiro atoms. The van der Waals surface area contributed by atoms with Gasteiger partial charge < -0.3 is 5.73 Å². The Bertz CT molecular complexity index is 2290. The highest BCUT2D eigenvalue weighted by atomic mass is 32.2. The first-order valence-corrected chi connectivity index (χ1v) is 17.8. The van der Waals surface area contributed by atoms with E-state index in [4.69, 9.17) is 5.73 Å². The summed E-state index contributed by atoms with van der Waals surface area (Å²) in [6, 6.07) is 49.9. The zero-order valence-corrected chi connectivity index (χ0v) is 27.2. The lowest BCUT2D eigenvalue weighted by atomic mass is 9.70. The number of rotatable bonds is 6. The van der Waals surface area contributed by atoms with E-state index < -0.39 is 5.41 Å². The smallest absolute Gasteiger partial charge is 0.123 e. The first-order chi connectivity index (χ1) is 23.3. The van der Waals surface area contributed by atoms with Crippen LogP contribution in [0.3, 0.4) is 0 Å². The van der Waals surface area contributed by atoms with Crippen LogP contribution in [-0.4, -0.2) is 4.98 Å². The Hall–Kier alpha value is -5.16. The van der Waals surface area contributed by atoms with Crippen LogP contribution in [0.5, 0.6) is 0 Å². The molecule has 2 N–H and O–H groups in total. The molecule has 2 aliphatic carbocycles. The van der Waals surface area contributed by atoms with E-state index >= 15 is 0 Å². The topological polar surface area (TPSA) is 38.9 Å².